The summed E-state index contributed by atoms with van der Waals surface area (Å²) in [5.74, 6) is 0.0961. The standard InChI is InChI=1S/C12H22N2O2/c1-9-6-7-14(10-4-2-3-5-10)12(16)11(8-15)13-9/h9-11,13,15H,2-8H2,1H3. The third kappa shape index (κ3) is 2.38. The summed E-state index contributed by atoms with van der Waals surface area (Å²) in [6.45, 7) is 2.83. The first-order valence-electron chi connectivity index (χ1n) is 6.39. The molecule has 1 heterocycles. The van der Waals surface area contributed by atoms with Crippen LogP contribution >= 0.6 is 0 Å². The van der Waals surface area contributed by atoms with Crippen molar-refractivity contribution in [2.75, 3.05) is 13.2 Å². The number of hydrogen-bond donors (Lipinski definition) is 2. The molecule has 0 aromatic carbocycles. The van der Waals surface area contributed by atoms with Crippen LogP contribution in [0.25, 0.3) is 0 Å². The van der Waals surface area contributed by atoms with Gasteiger partial charge in [0.2, 0.25) is 5.91 Å². The lowest BCUT2D eigenvalue weighted by Crippen LogP contribution is -2.49. The zero-order valence-electron chi connectivity index (χ0n) is 9.98. The van der Waals surface area contributed by atoms with E-state index in [4.69, 9.17) is 0 Å². The van der Waals surface area contributed by atoms with E-state index < -0.39 is 6.04 Å². The first-order chi connectivity index (χ1) is 7.72. The zero-order chi connectivity index (χ0) is 11.5. The highest BCUT2D eigenvalue weighted by atomic mass is 16.3. The van der Waals surface area contributed by atoms with Crippen molar-refractivity contribution in [2.24, 2.45) is 0 Å². The molecular weight excluding hydrogens is 204 g/mol. The molecule has 0 spiro atoms. The van der Waals surface area contributed by atoms with Gasteiger partial charge in [0.15, 0.2) is 0 Å². The monoisotopic (exact) mass is 226 g/mol. The van der Waals surface area contributed by atoms with E-state index >= 15 is 0 Å². The molecule has 1 saturated heterocycles. The Kier molecular flexibility index (Phi) is 3.82. The molecule has 1 amide bonds. The lowest BCUT2D eigenvalue weighted by Gasteiger charge is -2.29. The van der Waals surface area contributed by atoms with Gasteiger partial charge in [-0.05, 0) is 26.2 Å². The summed E-state index contributed by atoms with van der Waals surface area (Å²) in [7, 11) is 0. The number of aliphatic hydroxyl groups is 1. The Morgan fingerprint density at radius 2 is 2.06 bits per heavy atom. The maximum atomic E-state index is 12.2. The van der Waals surface area contributed by atoms with Gasteiger partial charge in [-0.25, -0.2) is 0 Å². The molecule has 4 heteroatoms. The van der Waals surface area contributed by atoms with Crippen molar-refractivity contribution in [1.82, 2.24) is 10.2 Å². The molecule has 0 bridgehead atoms. The van der Waals surface area contributed by atoms with E-state index in [1.807, 2.05) is 4.90 Å². The molecule has 4 nitrogen and oxygen atoms in total. The number of nitrogens with zero attached hydrogens (tertiary/aromatic N) is 1. The van der Waals surface area contributed by atoms with E-state index in [2.05, 4.69) is 12.2 Å². The molecule has 2 rings (SSSR count). The normalized spacial score (nSPS) is 33.1. The smallest absolute Gasteiger partial charge is 0.242 e. The van der Waals surface area contributed by atoms with Crippen LogP contribution in [0.2, 0.25) is 0 Å². The first-order valence-corrected chi connectivity index (χ1v) is 6.39. The number of rotatable bonds is 2. The van der Waals surface area contributed by atoms with Gasteiger partial charge in [-0.3, -0.25) is 4.79 Å². The van der Waals surface area contributed by atoms with E-state index in [0.717, 1.165) is 25.8 Å². The molecule has 16 heavy (non-hydrogen) atoms. The summed E-state index contributed by atoms with van der Waals surface area (Å²) in [5.41, 5.74) is 0. The van der Waals surface area contributed by atoms with Crippen LogP contribution in [0.5, 0.6) is 0 Å². The van der Waals surface area contributed by atoms with Gasteiger partial charge in [-0.1, -0.05) is 12.8 Å². The fourth-order valence-corrected chi connectivity index (χ4v) is 2.85. The Morgan fingerprint density at radius 3 is 2.69 bits per heavy atom. The average Bonchev–Trinajstić information content (AvgIpc) is 2.75. The van der Waals surface area contributed by atoms with Gasteiger partial charge in [0, 0.05) is 18.6 Å². The van der Waals surface area contributed by atoms with Gasteiger partial charge in [0.05, 0.1) is 6.61 Å². The molecule has 92 valence electrons. The van der Waals surface area contributed by atoms with E-state index in [9.17, 15) is 9.90 Å². The molecule has 0 aromatic heterocycles. The number of aliphatic hydroxyl groups excluding tert-OH is 1. The van der Waals surface area contributed by atoms with E-state index in [0.29, 0.717) is 12.1 Å². The van der Waals surface area contributed by atoms with Crippen LogP contribution < -0.4 is 5.32 Å². The van der Waals surface area contributed by atoms with Crippen molar-refractivity contribution >= 4 is 5.91 Å². The van der Waals surface area contributed by atoms with Crippen molar-refractivity contribution in [3.05, 3.63) is 0 Å². The molecule has 2 N–H and O–H groups in total. The molecule has 2 unspecified atom stereocenters. The summed E-state index contributed by atoms with van der Waals surface area (Å²) in [6, 6.07) is 0.347. The third-order valence-electron chi connectivity index (χ3n) is 3.82. The Balaban J connectivity index is 2.07. The van der Waals surface area contributed by atoms with Gasteiger partial charge in [-0.15, -0.1) is 0 Å². The molecule has 1 aliphatic heterocycles. The molecule has 0 aromatic rings. The fraction of sp³-hybridized carbons (Fsp3) is 0.917. The maximum absolute atomic E-state index is 12.2. The van der Waals surface area contributed by atoms with Gasteiger partial charge in [0.1, 0.15) is 6.04 Å². The van der Waals surface area contributed by atoms with Gasteiger partial charge in [-0.2, -0.15) is 0 Å². The van der Waals surface area contributed by atoms with Crippen LogP contribution in [0, 0.1) is 0 Å². The van der Waals surface area contributed by atoms with Crippen LogP contribution in [-0.4, -0.2) is 47.2 Å². The van der Waals surface area contributed by atoms with Crippen molar-refractivity contribution in [1.29, 1.82) is 0 Å². The summed E-state index contributed by atoms with van der Waals surface area (Å²) in [6.07, 6.45) is 5.73. The highest BCUT2D eigenvalue weighted by molar-refractivity contribution is 5.82. The van der Waals surface area contributed by atoms with Crippen molar-refractivity contribution in [3.8, 4) is 0 Å². The van der Waals surface area contributed by atoms with Crippen molar-refractivity contribution in [3.63, 3.8) is 0 Å². The minimum atomic E-state index is -0.391. The Morgan fingerprint density at radius 1 is 1.38 bits per heavy atom. The maximum Gasteiger partial charge on any atom is 0.242 e. The second-order valence-corrected chi connectivity index (χ2v) is 5.06. The minimum absolute atomic E-state index is 0.0909. The van der Waals surface area contributed by atoms with Crippen LogP contribution in [0.4, 0.5) is 0 Å². The summed E-state index contributed by atoms with van der Waals surface area (Å²) < 4.78 is 0. The number of carbonyl (C=O) groups excluding carboxylic acids is 1. The van der Waals surface area contributed by atoms with Gasteiger partial charge < -0.3 is 15.3 Å². The molecule has 2 aliphatic rings. The molecular formula is C12H22N2O2. The Hall–Kier alpha value is -0.610. The quantitative estimate of drug-likeness (QED) is 0.721. The average molecular weight is 226 g/mol. The topological polar surface area (TPSA) is 52.6 Å². The van der Waals surface area contributed by atoms with Crippen LogP contribution in [0.15, 0.2) is 0 Å². The van der Waals surface area contributed by atoms with Gasteiger partial charge in [0.25, 0.3) is 0 Å². The second kappa shape index (κ2) is 5.15. The molecule has 1 aliphatic carbocycles. The number of nitrogens with one attached hydrogen (secondary N) is 1. The first kappa shape index (κ1) is 11.9. The lowest BCUT2D eigenvalue weighted by molar-refractivity contribution is -0.135. The van der Waals surface area contributed by atoms with Crippen LogP contribution in [-0.2, 0) is 4.79 Å². The number of amides is 1. The molecule has 1 saturated carbocycles. The van der Waals surface area contributed by atoms with Crippen LogP contribution in [0.3, 0.4) is 0 Å². The SMILES string of the molecule is CC1CCN(C2CCCC2)C(=O)C(CO)N1. The van der Waals surface area contributed by atoms with E-state index in [1.54, 1.807) is 0 Å². The van der Waals surface area contributed by atoms with Crippen molar-refractivity contribution in [2.45, 2.75) is 57.2 Å². The predicted octanol–water partition coefficient (Wildman–Crippen LogP) is 0.500. The highest BCUT2D eigenvalue weighted by Crippen LogP contribution is 2.25. The number of carbonyl (C=O) groups is 1. The Bertz CT molecular complexity index is 251. The molecule has 2 fully saturated rings. The summed E-state index contributed by atoms with van der Waals surface area (Å²) in [4.78, 5) is 14.2. The zero-order valence-corrected chi connectivity index (χ0v) is 9.98. The molecule has 0 radical (unpaired) electrons. The highest BCUT2D eigenvalue weighted by Gasteiger charge is 2.33. The largest absolute Gasteiger partial charge is 0.394 e. The molecule has 2 atom stereocenters. The third-order valence-corrected chi connectivity index (χ3v) is 3.82. The fourth-order valence-electron chi connectivity index (χ4n) is 2.85. The minimum Gasteiger partial charge on any atom is -0.394 e. The second-order valence-electron chi connectivity index (χ2n) is 5.06. The Labute approximate surface area is 97.0 Å². The summed E-state index contributed by atoms with van der Waals surface area (Å²) in [5, 5.41) is 12.4. The van der Waals surface area contributed by atoms with Crippen molar-refractivity contribution < 1.29 is 9.90 Å². The van der Waals surface area contributed by atoms with Crippen LogP contribution in [0.1, 0.15) is 39.0 Å². The summed E-state index contributed by atoms with van der Waals surface area (Å²) >= 11 is 0. The number of hydrogen-bond acceptors (Lipinski definition) is 3. The van der Waals surface area contributed by atoms with Gasteiger partial charge >= 0.3 is 0 Å². The van der Waals surface area contributed by atoms with E-state index in [-0.39, 0.29) is 12.5 Å². The van der Waals surface area contributed by atoms with E-state index in [1.165, 1.54) is 12.8 Å². The predicted molar refractivity (Wildman–Crippen MR) is 62.1 cm³/mol. The lowest BCUT2D eigenvalue weighted by atomic mass is 10.1.